The second-order valence-corrected chi connectivity index (χ2v) is 5.91. The molecule has 3 aromatic carbocycles. The van der Waals surface area contributed by atoms with Crippen LogP contribution in [-0.2, 0) is 6.54 Å². The van der Waals surface area contributed by atoms with E-state index in [1.165, 1.54) is 0 Å². The minimum absolute atomic E-state index is 0.0627. The van der Waals surface area contributed by atoms with Gasteiger partial charge in [0.2, 0.25) is 0 Å². The van der Waals surface area contributed by atoms with Gasteiger partial charge in [-0.2, -0.15) is 4.40 Å². The average molecular weight is 299 g/mol. The van der Waals surface area contributed by atoms with E-state index in [0.717, 1.165) is 44.8 Å². The maximum absolute atomic E-state index is 13.2. The zero-order valence-electron chi connectivity index (χ0n) is 12.8. The fourth-order valence-corrected chi connectivity index (χ4v) is 3.85. The van der Waals surface area contributed by atoms with E-state index in [2.05, 4.69) is 41.8 Å². The second-order valence-electron chi connectivity index (χ2n) is 5.91. The summed E-state index contributed by atoms with van der Waals surface area (Å²) in [7, 11) is 0. The highest BCUT2D eigenvalue weighted by Crippen LogP contribution is 2.28. The number of benzene rings is 3. The number of aromatic nitrogens is 2. The van der Waals surface area contributed by atoms with Gasteiger partial charge in [0.25, 0.3) is 5.65 Å². The topological polar surface area (TPSA) is 25.4 Å². The number of imidazole rings is 1. The number of pyridine rings is 1. The van der Waals surface area contributed by atoms with E-state index >= 15 is 0 Å². The minimum Gasteiger partial charge on any atom is -0.240 e. The molecule has 0 amide bonds. The summed E-state index contributed by atoms with van der Waals surface area (Å²) in [6.45, 7) is 2.95. The van der Waals surface area contributed by atoms with Gasteiger partial charge in [-0.05, 0) is 36.6 Å². The van der Waals surface area contributed by atoms with Crippen molar-refractivity contribution in [2.24, 2.45) is 0 Å². The highest BCUT2D eigenvalue weighted by atomic mass is 16.1. The maximum Gasteiger partial charge on any atom is 0.347 e. The van der Waals surface area contributed by atoms with Crippen LogP contribution in [0.4, 0.5) is 0 Å². The molecule has 0 atom stereocenters. The van der Waals surface area contributed by atoms with Gasteiger partial charge in [0.05, 0.1) is 17.3 Å². The summed E-state index contributed by atoms with van der Waals surface area (Å²) in [5.74, 6) is 0. The molecule has 5 aromatic rings. The first-order valence-corrected chi connectivity index (χ1v) is 7.91. The Bertz CT molecular complexity index is 1260. The Balaban J connectivity index is 2.28. The highest BCUT2D eigenvalue weighted by molar-refractivity contribution is 6.14. The van der Waals surface area contributed by atoms with Crippen molar-refractivity contribution in [2.45, 2.75) is 13.5 Å². The lowest BCUT2D eigenvalue weighted by Crippen LogP contribution is -2.33. The summed E-state index contributed by atoms with van der Waals surface area (Å²) >= 11 is 0. The van der Waals surface area contributed by atoms with Crippen molar-refractivity contribution in [3.8, 4) is 0 Å². The summed E-state index contributed by atoms with van der Waals surface area (Å²) in [5.41, 5.74) is 3.12. The van der Waals surface area contributed by atoms with Crippen molar-refractivity contribution in [3.05, 3.63) is 71.0 Å². The van der Waals surface area contributed by atoms with Crippen LogP contribution in [0.5, 0.6) is 0 Å². The Hall–Kier alpha value is -2.94. The smallest absolute Gasteiger partial charge is 0.240 e. The van der Waals surface area contributed by atoms with Crippen LogP contribution in [0.2, 0.25) is 0 Å². The van der Waals surface area contributed by atoms with Gasteiger partial charge in [0, 0.05) is 5.39 Å². The number of rotatable bonds is 1. The van der Waals surface area contributed by atoms with Crippen molar-refractivity contribution in [2.75, 3.05) is 0 Å². The number of hydrogen-bond donors (Lipinski definition) is 0. The minimum atomic E-state index is 0.0627. The molecule has 0 fully saturated rings. The van der Waals surface area contributed by atoms with Crippen molar-refractivity contribution in [1.82, 2.24) is 4.40 Å². The van der Waals surface area contributed by atoms with Crippen LogP contribution in [-0.4, -0.2) is 4.40 Å². The largest absolute Gasteiger partial charge is 0.347 e. The Morgan fingerprint density at radius 3 is 2.43 bits per heavy atom. The van der Waals surface area contributed by atoms with E-state index in [-0.39, 0.29) is 5.56 Å². The molecule has 0 unspecified atom stereocenters. The van der Waals surface area contributed by atoms with Gasteiger partial charge >= 0.3 is 5.56 Å². The number of nitrogens with zero attached hydrogens (tertiary/aromatic N) is 2. The Morgan fingerprint density at radius 1 is 0.913 bits per heavy atom. The predicted molar refractivity (Wildman–Crippen MR) is 93.2 cm³/mol. The van der Waals surface area contributed by atoms with Crippen molar-refractivity contribution in [3.63, 3.8) is 0 Å². The third kappa shape index (κ3) is 1.44. The molecule has 110 valence electrons. The molecule has 0 bridgehead atoms. The Morgan fingerprint density at radius 2 is 1.65 bits per heavy atom. The number of aryl methyl sites for hydroxylation is 1. The molecule has 0 N–H and O–H groups in total. The van der Waals surface area contributed by atoms with E-state index in [4.69, 9.17) is 0 Å². The normalized spacial score (nSPS) is 12.0. The van der Waals surface area contributed by atoms with Crippen LogP contribution in [0.3, 0.4) is 0 Å². The average Bonchev–Trinajstić information content (AvgIpc) is 2.94. The standard InChI is InChI=1S/C20H15N2O/c1-2-21-16-11-3-4-12-17(16)22-19(21)14-9-5-7-13-8-6-10-15(18(13)14)20(22)23/h3-12H,2H2,1H3/q+1. The molecule has 2 aromatic heterocycles. The van der Waals surface area contributed by atoms with Crippen molar-refractivity contribution < 1.29 is 4.57 Å². The van der Waals surface area contributed by atoms with Gasteiger partial charge in [-0.3, -0.25) is 0 Å². The van der Waals surface area contributed by atoms with Crippen LogP contribution in [0.15, 0.2) is 65.5 Å². The van der Waals surface area contributed by atoms with Crippen molar-refractivity contribution in [1.29, 1.82) is 0 Å². The van der Waals surface area contributed by atoms with Gasteiger partial charge in [0.15, 0.2) is 11.0 Å². The van der Waals surface area contributed by atoms with Gasteiger partial charge in [-0.15, -0.1) is 0 Å². The van der Waals surface area contributed by atoms with Gasteiger partial charge in [0.1, 0.15) is 0 Å². The number of fused-ring (bicyclic) bond motifs is 4. The summed E-state index contributed by atoms with van der Waals surface area (Å²) < 4.78 is 4.11. The Kier molecular flexibility index (Phi) is 2.35. The molecule has 0 aliphatic heterocycles. The molecule has 3 nitrogen and oxygen atoms in total. The van der Waals surface area contributed by atoms with E-state index in [1.807, 2.05) is 34.7 Å². The fourth-order valence-electron chi connectivity index (χ4n) is 3.85. The van der Waals surface area contributed by atoms with Crippen LogP contribution in [0.25, 0.3) is 38.2 Å². The predicted octanol–water partition coefficient (Wildman–Crippen LogP) is 3.50. The third-order valence-electron chi connectivity index (χ3n) is 4.78. The molecular weight excluding hydrogens is 284 g/mol. The zero-order chi connectivity index (χ0) is 15.6. The molecule has 23 heavy (non-hydrogen) atoms. The third-order valence-corrected chi connectivity index (χ3v) is 4.78. The quantitative estimate of drug-likeness (QED) is 0.435. The zero-order valence-corrected chi connectivity index (χ0v) is 12.8. The number of hydrogen-bond acceptors (Lipinski definition) is 1. The monoisotopic (exact) mass is 299 g/mol. The summed E-state index contributed by atoms with van der Waals surface area (Å²) in [6.07, 6.45) is 0. The van der Waals surface area contributed by atoms with E-state index in [9.17, 15) is 4.79 Å². The van der Waals surface area contributed by atoms with Crippen LogP contribution >= 0.6 is 0 Å². The summed E-state index contributed by atoms with van der Waals surface area (Å²) in [6, 6.07) is 20.4. The fraction of sp³-hybridized carbons (Fsp3) is 0.100. The van der Waals surface area contributed by atoms with Gasteiger partial charge in [-0.1, -0.05) is 36.4 Å². The first-order valence-electron chi connectivity index (χ1n) is 7.91. The van der Waals surface area contributed by atoms with E-state index in [1.54, 1.807) is 0 Å². The molecular formula is C20H15N2O+. The van der Waals surface area contributed by atoms with Crippen LogP contribution in [0.1, 0.15) is 6.92 Å². The van der Waals surface area contributed by atoms with Gasteiger partial charge in [-0.25, -0.2) is 9.36 Å². The lowest BCUT2D eigenvalue weighted by molar-refractivity contribution is -0.641. The van der Waals surface area contributed by atoms with E-state index in [0.29, 0.717) is 0 Å². The first-order chi connectivity index (χ1) is 11.3. The van der Waals surface area contributed by atoms with Crippen molar-refractivity contribution >= 4 is 38.2 Å². The molecule has 0 radical (unpaired) electrons. The molecule has 0 saturated carbocycles. The van der Waals surface area contributed by atoms with Crippen LogP contribution in [0, 0.1) is 0 Å². The lowest BCUT2D eigenvalue weighted by atomic mass is 10.0. The first kappa shape index (κ1) is 12.6. The molecule has 0 aliphatic carbocycles. The second kappa shape index (κ2) is 4.29. The molecule has 5 rings (SSSR count). The summed E-state index contributed by atoms with van der Waals surface area (Å²) in [5, 5.41) is 4.11. The SMILES string of the molecule is CC[n+]1c2ccccc2n2c(=O)c3cccc4cccc(c43)c21. The molecule has 3 heteroatoms. The number of para-hydroxylation sites is 2. The molecule has 0 saturated heterocycles. The Labute approximate surface area is 132 Å². The molecule has 2 heterocycles. The summed E-state index contributed by atoms with van der Waals surface area (Å²) in [4.78, 5) is 13.2. The molecule has 0 aliphatic rings. The molecule has 0 spiro atoms. The van der Waals surface area contributed by atoms with E-state index < -0.39 is 0 Å². The van der Waals surface area contributed by atoms with Crippen LogP contribution < -0.4 is 10.1 Å². The van der Waals surface area contributed by atoms with Gasteiger partial charge < -0.3 is 0 Å². The maximum atomic E-state index is 13.2. The lowest BCUT2D eigenvalue weighted by Gasteiger charge is -2.04. The highest BCUT2D eigenvalue weighted by Gasteiger charge is 2.25.